The van der Waals surface area contributed by atoms with Gasteiger partial charge in [0.25, 0.3) is 11.8 Å². The topological polar surface area (TPSA) is 120 Å². The van der Waals surface area contributed by atoms with Crippen LogP contribution in [0, 0.1) is 12.3 Å². The molecule has 1 fully saturated rings. The average molecular weight is 444 g/mol. The summed E-state index contributed by atoms with van der Waals surface area (Å²) in [5.41, 5.74) is 0.274. The van der Waals surface area contributed by atoms with Gasteiger partial charge in [0.15, 0.2) is 0 Å². The number of ether oxygens (including phenoxy) is 4. The van der Waals surface area contributed by atoms with Crippen molar-refractivity contribution < 1.29 is 38.1 Å². The molecule has 0 radical (unpaired) electrons. The third kappa shape index (κ3) is 5.50. The van der Waals surface area contributed by atoms with Crippen LogP contribution in [0.2, 0.25) is 0 Å². The third-order valence-corrected chi connectivity index (χ3v) is 4.84. The molecule has 0 aliphatic carbocycles. The van der Waals surface area contributed by atoms with Gasteiger partial charge in [-0.15, -0.1) is 6.42 Å². The molecule has 0 aromatic heterocycles. The number of nitrogens with one attached hydrogen (secondary N) is 1. The zero-order valence-corrected chi connectivity index (χ0v) is 17.5. The van der Waals surface area contributed by atoms with Gasteiger partial charge in [0, 0.05) is 6.42 Å². The van der Waals surface area contributed by atoms with E-state index in [1.165, 1.54) is 6.07 Å². The normalized spacial score (nSPS) is 17.8. The van der Waals surface area contributed by atoms with Crippen molar-refractivity contribution in [2.24, 2.45) is 0 Å². The lowest BCUT2D eigenvalue weighted by Crippen LogP contribution is -2.54. The summed E-state index contributed by atoms with van der Waals surface area (Å²) in [6.45, 7) is 2.22. The number of imide groups is 2. The molecule has 1 N–H and O–H groups in total. The molecule has 10 heteroatoms. The van der Waals surface area contributed by atoms with E-state index in [0.717, 1.165) is 4.90 Å². The number of benzene rings is 1. The Morgan fingerprint density at radius 3 is 2.34 bits per heavy atom. The molecule has 10 nitrogen and oxygen atoms in total. The molecule has 170 valence electrons. The highest BCUT2D eigenvalue weighted by Gasteiger charge is 2.45. The van der Waals surface area contributed by atoms with Crippen molar-refractivity contribution in [3.8, 4) is 18.1 Å². The highest BCUT2D eigenvalue weighted by Crippen LogP contribution is 2.33. The van der Waals surface area contributed by atoms with Crippen LogP contribution in [0.4, 0.5) is 0 Å². The number of fused-ring (bicyclic) bond motifs is 1. The summed E-state index contributed by atoms with van der Waals surface area (Å²) in [5, 5.41) is 2.17. The van der Waals surface area contributed by atoms with Gasteiger partial charge < -0.3 is 18.9 Å². The summed E-state index contributed by atoms with van der Waals surface area (Å²) in [6.07, 6.45) is 5.22. The second-order valence-electron chi connectivity index (χ2n) is 6.96. The molecule has 1 atom stereocenters. The average Bonchev–Trinajstić information content (AvgIpc) is 3.03. The highest BCUT2D eigenvalue weighted by molar-refractivity contribution is 6.24. The molecule has 2 heterocycles. The third-order valence-electron chi connectivity index (χ3n) is 4.84. The zero-order valence-electron chi connectivity index (χ0n) is 17.5. The van der Waals surface area contributed by atoms with Gasteiger partial charge in [0.05, 0.1) is 44.2 Å². The predicted molar refractivity (Wildman–Crippen MR) is 110 cm³/mol. The second-order valence-corrected chi connectivity index (χ2v) is 6.96. The van der Waals surface area contributed by atoms with E-state index >= 15 is 0 Å². The maximum absolute atomic E-state index is 12.9. The van der Waals surface area contributed by atoms with Crippen LogP contribution in [0.15, 0.2) is 18.2 Å². The van der Waals surface area contributed by atoms with Crippen LogP contribution >= 0.6 is 0 Å². The smallest absolute Gasteiger partial charge is 0.266 e. The number of hydrogen-bond donors (Lipinski definition) is 1. The maximum atomic E-state index is 12.9. The number of nitrogens with zero attached hydrogens (tertiary/aromatic N) is 1. The Hall–Kier alpha value is -3.26. The molecule has 4 amide bonds. The predicted octanol–water partition coefficient (Wildman–Crippen LogP) is 0.150. The first-order chi connectivity index (χ1) is 15.5. The molecule has 0 saturated carbocycles. The molecular weight excluding hydrogens is 420 g/mol. The van der Waals surface area contributed by atoms with Gasteiger partial charge in [-0.05, 0) is 18.6 Å². The lowest BCUT2D eigenvalue weighted by atomic mass is 10.0. The minimum absolute atomic E-state index is 0.0617. The largest absolute Gasteiger partial charge is 0.490 e. The molecule has 32 heavy (non-hydrogen) atoms. The van der Waals surface area contributed by atoms with Crippen LogP contribution in [-0.2, 0) is 23.8 Å². The van der Waals surface area contributed by atoms with Gasteiger partial charge in [-0.1, -0.05) is 12.0 Å². The fourth-order valence-corrected chi connectivity index (χ4v) is 3.39. The van der Waals surface area contributed by atoms with E-state index in [0.29, 0.717) is 26.4 Å². The van der Waals surface area contributed by atoms with Crippen LogP contribution in [0.25, 0.3) is 0 Å². The minimum Gasteiger partial charge on any atom is -0.490 e. The molecule has 2 aliphatic heterocycles. The molecule has 0 spiro atoms. The van der Waals surface area contributed by atoms with Gasteiger partial charge in [0.2, 0.25) is 11.8 Å². The Morgan fingerprint density at radius 1 is 0.969 bits per heavy atom. The lowest BCUT2D eigenvalue weighted by molar-refractivity contribution is -0.136. The Bertz CT molecular complexity index is 923. The fraction of sp³-hybridized carbons (Fsp3) is 0.455. The molecule has 1 aromatic carbocycles. The summed E-state index contributed by atoms with van der Waals surface area (Å²) < 4.78 is 21.5. The van der Waals surface area contributed by atoms with E-state index in [-0.39, 0.29) is 49.5 Å². The Kier molecular flexibility index (Phi) is 8.33. The van der Waals surface area contributed by atoms with E-state index in [2.05, 4.69) is 11.2 Å². The van der Waals surface area contributed by atoms with Crippen molar-refractivity contribution in [1.82, 2.24) is 10.2 Å². The summed E-state index contributed by atoms with van der Waals surface area (Å²) in [5.74, 6) is 0.327. The summed E-state index contributed by atoms with van der Waals surface area (Å²) >= 11 is 0. The Balaban J connectivity index is 1.47. The number of hydrogen-bond acceptors (Lipinski definition) is 8. The van der Waals surface area contributed by atoms with E-state index < -0.39 is 29.7 Å². The molecular formula is C22H24N2O8. The first kappa shape index (κ1) is 23.4. The van der Waals surface area contributed by atoms with E-state index in [1.807, 2.05) is 0 Å². The minimum atomic E-state index is -1.02. The second kappa shape index (κ2) is 11.4. The monoisotopic (exact) mass is 444 g/mol. The van der Waals surface area contributed by atoms with Crippen molar-refractivity contribution in [3.63, 3.8) is 0 Å². The van der Waals surface area contributed by atoms with E-state index in [1.54, 1.807) is 12.1 Å². The van der Waals surface area contributed by atoms with Crippen molar-refractivity contribution >= 4 is 23.6 Å². The Labute approximate surface area is 185 Å². The van der Waals surface area contributed by atoms with Crippen molar-refractivity contribution in [2.45, 2.75) is 18.9 Å². The molecule has 2 aliphatic rings. The standard InChI is InChI=1S/C22H24N2O8/c1-2-8-29-9-10-30-11-12-31-13-14-32-17-5-3-4-15-19(17)22(28)24(21(15)27)16-6-7-18(25)23-20(16)26/h1,3-5,16H,6-14H2,(H,23,25,26). The molecule has 1 aromatic rings. The van der Waals surface area contributed by atoms with Gasteiger partial charge in [0.1, 0.15) is 25.0 Å². The van der Waals surface area contributed by atoms with Crippen LogP contribution in [0.1, 0.15) is 33.6 Å². The number of piperidine rings is 1. The molecule has 3 rings (SSSR count). The van der Waals surface area contributed by atoms with Crippen molar-refractivity contribution in [3.05, 3.63) is 29.3 Å². The van der Waals surface area contributed by atoms with Crippen LogP contribution in [-0.4, -0.2) is 80.8 Å². The number of carbonyl (C=O) groups excluding carboxylic acids is 4. The molecule has 1 unspecified atom stereocenters. The van der Waals surface area contributed by atoms with Crippen molar-refractivity contribution in [2.75, 3.05) is 46.2 Å². The molecule has 0 bridgehead atoms. The quantitative estimate of drug-likeness (QED) is 0.275. The molecule has 1 saturated heterocycles. The zero-order chi connectivity index (χ0) is 22.9. The SMILES string of the molecule is C#CCOCCOCCOCCOc1cccc2c1C(=O)N(C1CCC(=O)NC1=O)C2=O. The van der Waals surface area contributed by atoms with E-state index in [9.17, 15) is 19.2 Å². The summed E-state index contributed by atoms with van der Waals surface area (Å²) in [4.78, 5) is 50.2. The number of rotatable bonds is 12. The van der Waals surface area contributed by atoms with Gasteiger partial charge in [-0.3, -0.25) is 29.4 Å². The van der Waals surface area contributed by atoms with E-state index in [4.69, 9.17) is 25.4 Å². The van der Waals surface area contributed by atoms with Crippen LogP contribution in [0.5, 0.6) is 5.75 Å². The van der Waals surface area contributed by atoms with Crippen molar-refractivity contribution in [1.29, 1.82) is 0 Å². The van der Waals surface area contributed by atoms with Gasteiger partial charge in [-0.25, -0.2) is 0 Å². The number of terminal acetylenes is 1. The first-order valence-corrected chi connectivity index (χ1v) is 10.2. The first-order valence-electron chi connectivity index (χ1n) is 10.2. The van der Waals surface area contributed by atoms with Gasteiger partial charge in [-0.2, -0.15) is 0 Å². The lowest BCUT2D eigenvalue weighted by Gasteiger charge is -2.27. The summed E-state index contributed by atoms with van der Waals surface area (Å²) in [6, 6.07) is 3.67. The van der Waals surface area contributed by atoms with Crippen LogP contribution < -0.4 is 10.1 Å². The number of amides is 4. The van der Waals surface area contributed by atoms with Gasteiger partial charge >= 0.3 is 0 Å². The number of carbonyl (C=O) groups is 4. The van der Waals surface area contributed by atoms with Crippen LogP contribution in [0.3, 0.4) is 0 Å². The Morgan fingerprint density at radius 2 is 1.66 bits per heavy atom. The summed E-state index contributed by atoms with van der Waals surface area (Å²) in [7, 11) is 0. The maximum Gasteiger partial charge on any atom is 0.266 e. The fourth-order valence-electron chi connectivity index (χ4n) is 3.39. The highest BCUT2D eigenvalue weighted by atomic mass is 16.6.